The van der Waals surface area contributed by atoms with Crippen LogP contribution in [0.2, 0.25) is 0 Å². The molecular formula is C18H36O. The maximum Gasteiger partial charge on any atom is 0.0643 e. The summed E-state index contributed by atoms with van der Waals surface area (Å²) in [5.74, 6) is 0. The predicted octanol–water partition coefficient (Wildman–Crippen LogP) is 6.28. The Morgan fingerprint density at radius 3 is 1.58 bits per heavy atom. The summed E-state index contributed by atoms with van der Waals surface area (Å²) >= 11 is 0. The summed E-state index contributed by atoms with van der Waals surface area (Å²) in [5.41, 5.74) is 0. The topological polar surface area (TPSA) is 9.23 Å². The molecule has 0 atom stereocenters. The Balaban J connectivity index is 2.95. The highest BCUT2D eigenvalue weighted by molar-refractivity contribution is 4.80. The molecule has 0 unspecified atom stereocenters. The van der Waals surface area contributed by atoms with Crippen molar-refractivity contribution in [2.24, 2.45) is 0 Å². The van der Waals surface area contributed by atoms with Gasteiger partial charge in [0.05, 0.1) is 6.61 Å². The zero-order valence-electron chi connectivity index (χ0n) is 13.5. The number of hydrogen-bond donors (Lipinski definition) is 0. The van der Waals surface area contributed by atoms with Crippen molar-refractivity contribution >= 4 is 0 Å². The fourth-order valence-corrected chi connectivity index (χ4v) is 2.39. The average Bonchev–Trinajstić information content (AvgIpc) is 2.43. The Morgan fingerprint density at radius 1 is 0.632 bits per heavy atom. The van der Waals surface area contributed by atoms with Gasteiger partial charge >= 0.3 is 0 Å². The first-order valence-corrected chi connectivity index (χ1v) is 8.55. The van der Waals surface area contributed by atoms with Crippen molar-refractivity contribution in [1.82, 2.24) is 0 Å². The zero-order valence-corrected chi connectivity index (χ0v) is 13.5. The Hall–Kier alpha value is -0.300. The van der Waals surface area contributed by atoms with Gasteiger partial charge in [0.25, 0.3) is 0 Å². The van der Waals surface area contributed by atoms with Crippen LogP contribution < -0.4 is 0 Å². The first-order valence-electron chi connectivity index (χ1n) is 8.55. The van der Waals surface area contributed by atoms with Gasteiger partial charge in [-0.25, -0.2) is 0 Å². The normalized spacial score (nSPS) is 11.5. The molecule has 0 amide bonds. The zero-order chi connectivity index (χ0) is 14.0. The number of hydrogen-bond acceptors (Lipinski definition) is 1. The Labute approximate surface area is 121 Å². The van der Waals surface area contributed by atoms with Crippen molar-refractivity contribution in [3.05, 3.63) is 12.2 Å². The van der Waals surface area contributed by atoms with Crippen LogP contribution in [0.5, 0.6) is 0 Å². The van der Waals surface area contributed by atoms with Crippen LogP contribution in [0.1, 0.15) is 90.4 Å². The Morgan fingerprint density at radius 2 is 1.11 bits per heavy atom. The lowest BCUT2D eigenvalue weighted by Gasteiger charge is -2.02. The summed E-state index contributed by atoms with van der Waals surface area (Å²) in [7, 11) is 1.74. The van der Waals surface area contributed by atoms with Crippen molar-refractivity contribution < 1.29 is 4.74 Å². The van der Waals surface area contributed by atoms with E-state index in [-0.39, 0.29) is 0 Å². The van der Waals surface area contributed by atoms with Crippen LogP contribution >= 0.6 is 0 Å². The second-order valence-corrected chi connectivity index (χ2v) is 5.60. The summed E-state index contributed by atoms with van der Waals surface area (Å²) < 4.78 is 4.97. The van der Waals surface area contributed by atoms with E-state index < -0.39 is 0 Å². The van der Waals surface area contributed by atoms with E-state index >= 15 is 0 Å². The number of allylic oxidation sites excluding steroid dienone is 1. The molecule has 0 aromatic heterocycles. The summed E-state index contributed by atoms with van der Waals surface area (Å²) in [4.78, 5) is 0. The molecule has 0 aliphatic carbocycles. The SMILES string of the molecule is CCCCCCCCCCCCCC/C=C/COC. The van der Waals surface area contributed by atoms with Crippen LogP contribution in [0.3, 0.4) is 0 Å². The van der Waals surface area contributed by atoms with Crippen LogP contribution in [0, 0.1) is 0 Å². The molecule has 0 saturated carbocycles. The van der Waals surface area contributed by atoms with Crippen molar-refractivity contribution in [2.75, 3.05) is 13.7 Å². The fourth-order valence-electron chi connectivity index (χ4n) is 2.39. The number of rotatable bonds is 15. The molecule has 0 N–H and O–H groups in total. The van der Waals surface area contributed by atoms with E-state index in [1.165, 1.54) is 83.5 Å². The Bertz CT molecular complexity index is 175. The number of ether oxygens (including phenoxy) is 1. The number of unbranched alkanes of at least 4 members (excludes halogenated alkanes) is 12. The van der Waals surface area contributed by atoms with Gasteiger partial charge in [0.1, 0.15) is 0 Å². The first-order chi connectivity index (χ1) is 9.41. The second kappa shape index (κ2) is 17.7. The fraction of sp³-hybridized carbons (Fsp3) is 0.889. The maximum atomic E-state index is 4.97. The average molecular weight is 268 g/mol. The van der Waals surface area contributed by atoms with E-state index in [0.717, 1.165) is 6.61 Å². The van der Waals surface area contributed by atoms with Crippen LogP contribution in [-0.4, -0.2) is 13.7 Å². The summed E-state index contributed by atoms with van der Waals surface area (Å²) in [6.07, 6.45) is 22.7. The van der Waals surface area contributed by atoms with E-state index in [0.29, 0.717) is 0 Å². The van der Waals surface area contributed by atoms with Gasteiger partial charge in [-0.2, -0.15) is 0 Å². The molecule has 0 aliphatic heterocycles. The molecule has 0 spiro atoms. The van der Waals surface area contributed by atoms with E-state index in [1.807, 2.05) is 0 Å². The van der Waals surface area contributed by atoms with E-state index in [2.05, 4.69) is 19.1 Å². The highest BCUT2D eigenvalue weighted by Gasteiger charge is 1.92. The maximum absolute atomic E-state index is 4.97. The van der Waals surface area contributed by atoms with Crippen molar-refractivity contribution in [3.63, 3.8) is 0 Å². The van der Waals surface area contributed by atoms with Crippen molar-refractivity contribution in [2.45, 2.75) is 90.4 Å². The molecule has 0 aromatic carbocycles. The standard InChI is InChI=1S/C18H36O/c1-3-4-5-6-7-8-9-10-11-12-13-14-15-16-17-18-19-2/h16-17H,3-15,18H2,1-2H3/b17-16+. The minimum atomic E-state index is 0.762. The monoisotopic (exact) mass is 268 g/mol. The van der Waals surface area contributed by atoms with Gasteiger partial charge in [-0.15, -0.1) is 0 Å². The minimum absolute atomic E-state index is 0.762. The molecule has 0 heterocycles. The molecule has 19 heavy (non-hydrogen) atoms. The molecule has 1 heteroatoms. The third-order valence-electron chi connectivity index (χ3n) is 3.65. The lowest BCUT2D eigenvalue weighted by Crippen LogP contribution is -1.83. The van der Waals surface area contributed by atoms with Gasteiger partial charge in [-0.1, -0.05) is 89.7 Å². The third kappa shape index (κ3) is 17.7. The van der Waals surface area contributed by atoms with Crippen LogP contribution in [0.15, 0.2) is 12.2 Å². The van der Waals surface area contributed by atoms with Gasteiger partial charge in [0, 0.05) is 7.11 Å². The third-order valence-corrected chi connectivity index (χ3v) is 3.65. The number of methoxy groups -OCH3 is 1. The first kappa shape index (κ1) is 18.7. The van der Waals surface area contributed by atoms with E-state index in [4.69, 9.17) is 4.74 Å². The van der Waals surface area contributed by atoms with Gasteiger partial charge < -0.3 is 4.74 Å². The highest BCUT2D eigenvalue weighted by Crippen LogP contribution is 2.12. The van der Waals surface area contributed by atoms with Gasteiger partial charge in [0.15, 0.2) is 0 Å². The quantitative estimate of drug-likeness (QED) is 0.251. The molecule has 0 aliphatic rings. The molecule has 0 aromatic rings. The van der Waals surface area contributed by atoms with Crippen molar-refractivity contribution in [1.29, 1.82) is 0 Å². The smallest absolute Gasteiger partial charge is 0.0643 e. The molecular weight excluding hydrogens is 232 g/mol. The highest BCUT2D eigenvalue weighted by atomic mass is 16.5. The molecule has 0 fully saturated rings. The molecule has 0 bridgehead atoms. The molecule has 0 saturated heterocycles. The van der Waals surface area contributed by atoms with Gasteiger partial charge in [-0.05, 0) is 12.8 Å². The largest absolute Gasteiger partial charge is 0.381 e. The molecule has 114 valence electrons. The molecule has 1 nitrogen and oxygen atoms in total. The summed E-state index contributed by atoms with van der Waals surface area (Å²) in [6.45, 7) is 3.05. The van der Waals surface area contributed by atoms with E-state index in [9.17, 15) is 0 Å². The summed E-state index contributed by atoms with van der Waals surface area (Å²) in [6, 6.07) is 0. The predicted molar refractivity (Wildman–Crippen MR) is 86.7 cm³/mol. The van der Waals surface area contributed by atoms with E-state index in [1.54, 1.807) is 7.11 Å². The van der Waals surface area contributed by atoms with Crippen molar-refractivity contribution in [3.8, 4) is 0 Å². The molecule has 0 rings (SSSR count). The second-order valence-electron chi connectivity index (χ2n) is 5.60. The summed E-state index contributed by atoms with van der Waals surface area (Å²) in [5, 5.41) is 0. The van der Waals surface area contributed by atoms with Gasteiger partial charge in [0.2, 0.25) is 0 Å². The molecule has 0 radical (unpaired) electrons. The van der Waals surface area contributed by atoms with Gasteiger partial charge in [-0.3, -0.25) is 0 Å². The Kier molecular flexibility index (Phi) is 17.4. The van der Waals surface area contributed by atoms with Crippen LogP contribution in [0.25, 0.3) is 0 Å². The van der Waals surface area contributed by atoms with Crippen LogP contribution in [-0.2, 0) is 4.74 Å². The lowest BCUT2D eigenvalue weighted by atomic mass is 10.0. The van der Waals surface area contributed by atoms with Crippen LogP contribution in [0.4, 0.5) is 0 Å². The minimum Gasteiger partial charge on any atom is -0.381 e. The lowest BCUT2D eigenvalue weighted by molar-refractivity contribution is 0.233.